The summed E-state index contributed by atoms with van der Waals surface area (Å²) in [5.74, 6) is -0.403. The van der Waals surface area contributed by atoms with Gasteiger partial charge in [0.25, 0.3) is 0 Å². The number of halogens is 1. The van der Waals surface area contributed by atoms with Gasteiger partial charge in [-0.05, 0) is 36.4 Å². The number of piperazine rings is 1. The third kappa shape index (κ3) is 6.97. The molecule has 1 aliphatic heterocycles. The zero-order chi connectivity index (χ0) is 24.0. The summed E-state index contributed by atoms with van der Waals surface area (Å²) in [5, 5.41) is 3.30. The van der Waals surface area contributed by atoms with Crippen LogP contribution in [0.15, 0.2) is 52.5 Å². The molecule has 178 valence electrons. The summed E-state index contributed by atoms with van der Waals surface area (Å²) in [6.45, 7) is 2.36. The molecule has 1 fully saturated rings. The topological polar surface area (TPSA) is 103 Å². The molecule has 1 aliphatic rings. The lowest BCUT2D eigenvalue weighted by Gasteiger charge is -2.34. The highest BCUT2D eigenvalue weighted by molar-refractivity contribution is 7.99. The van der Waals surface area contributed by atoms with Gasteiger partial charge in [0.2, 0.25) is 21.8 Å². The number of hydrogen-bond donors (Lipinski definition) is 1. The van der Waals surface area contributed by atoms with Crippen molar-refractivity contribution in [2.45, 2.75) is 9.92 Å². The van der Waals surface area contributed by atoms with Gasteiger partial charge in [-0.2, -0.15) is 0 Å². The number of nitrogens with one attached hydrogen (secondary N) is 1. The third-order valence-corrected chi connectivity index (χ3v) is 7.78. The largest absolute Gasteiger partial charge is 0.339 e. The van der Waals surface area contributed by atoms with Crippen LogP contribution in [0.3, 0.4) is 0 Å². The van der Waals surface area contributed by atoms with Gasteiger partial charge in [-0.1, -0.05) is 11.8 Å². The van der Waals surface area contributed by atoms with Crippen molar-refractivity contribution >= 4 is 39.3 Å². The van der Waals surface area contributed by atoms with Crippen molar-refractivity contribution < 1.29 is 22.4 Å². The number of benzene rings is 1. The van der Waals surface area contributed by atoms with Crippen LogP contribution in [0.4, 0.5) is 10.1 Å². The van der Waals surface area contributed by atoms with Crippen LogP contribution in [0.2, 0.25) is 0 Å². The average Bonchev–Trinajstić information content (AvgIpc) is 2.79. The number of carbonyl (C=O) groups is 2. The summed E-state index contributed by atoms with van der Waals surface area (Å²) in [6, 6.07) is 8.65. The number of rotatable bonds is 8. The maximum atomic E-state index is 13.0. The van der Waals surface area contributed by atoms with Gasteiger partial charge in [0.1, 0.15) is 10.7 Å². The summed E-state index contributed by atoms with van der Waals surface area (Å²) in [6.07, 6.45) is 1.29. The summed E-state index contributed by atoms with van der Waals surface area (Å²) in [5.41, 5.74) is 0.535. The van der Waals surface area contributed by atoms with E-state index in [1.165, 1.54) is 62.4 Å². The van der Waals surface area contributed by atoms with E-state index in [2.05, 4.69) is 10.3 Å². The van der Waals surface area contributed by atoms with E-state index >= 15 is 0 Å². The predicted octanol–water partition coefficient (Wildman–Crippen LogP) is 1.35. The highest BCUT2D eigenvalue weighted by Crippen LogP contribution is 2.19. The first kappa shape index (κ1) is 25.1. The highest BCUT2D eigenvalue weighted by Gasteiger charge is 2.23. The lowest BCUT2D eigenvalue weighted by atomic mass is 10.3. The first-order valence-corrected chi connectivity index (χ1v) is 12.6. The van der Waals surface area contributed by atoms with Gasteiger partial charge in [-0.3, -0.25) is 14.5 Å². The molecule has 0 bridgehead atoms. The fraction of sp³-hybridized carbons (Fsp3) is 0.381. The summed E-state index contributed by atoms with van der Waals surface area (Å²) >= 11 is 1.25. The van der Waals surface area contributed by atoms with Gasteiger partial charge < -0.3 is 10.2 Å². The molecule has 2 amide bonds. The molecule has 1 saturated heterocycles. The molecule has 2 heterocycles. The van der Waals surface area contributed by atoms with Crippen LogP contribution in [-0.4, -0.2) is 91.9 Å². The SMILES string of the molecule is CN(C)S(=O)(=O)c1ccc(SCC(=O)N2CCN(CC(=O)Nc3ccc(F)cc3)CC2)nc1. The third-order valence-electron chi connectivity index (χ3n) is 5.05. The van der Waals surface area contributed by atoms with Crippen molar-refractivity contribution in [2.24, 2.45) is 0 Å². The van der Waals surface area contributed by atoms with E-state index in [0.717, 1.165) is 4.31 Å². The molecule has 3 rings (SSSR count). The molecule has 12 heteroatoms. The van der Waals surface area contributed by atoms with E-state index in [1.54, 1.807) is 11.0 Å². The van der Waals surface area contributed by atoms with Gasteiger partial charge in [0, 0.05) is 52.2 Å². The first-order chi connectivity index (χ1) is 15.6. The number of carbonyl (C=O) groups excluding carboxylic acids is 2. The monoisotopic (exact) mass is 495 g/mol. The predicted molar refractivity (Wildman–Crippen MR) is 124 cm³/mol. The highest BCUT2D eigenvalue weighted by atomic mass is 32.2. The average molecular weight is 496 g/mol. The lowest BCUT2D eigenvalue weighted by Crippen LogP contribution is -2.50. The summed E-state index contributed by atoms with van der Waals surface area (Å²) in [7, 11) is -0.632. The summed E-state index contributed by atoms with van der Waals surface area (Å²) < 4.78 is 38.2. The van der Waals surface area contributed by atoms with E-state index in [1.807, 2.05) is 4.90 Å². The second kappa shape index (κ2) is 11.1. The second-order valence-electron chi connectivity index (χ2n) is 7.62. The molecule has 9 nitrogen and oxygen atoms in total. The lowest BCUT2D eigenvalue weighted by molar-refractivity contribution is -0.130. The molecule has 0 saturated carbocycles. The number of amides is 2. The van der Waals surface area contributed by atoms with Crippen LogP contribution in [0, 0.1) is 5.82 Å². The van der Waals surface area contributed by atoms with Crippen LogP contribution in [0.1, 0.15) is 0 Å². The Balaban J connectivity index is 1.41. The summed E-state index contributed by atoms with van der Waals surface area (Å²) in [4.78, 5) is 32.7. The quantitative estimate of drug-likeness (QED) is 0.552. The normalized spacial score (nSPS) is 15.0. The fourth-order valence-corrected chi connectivity index (χ4v) is 4.73. The maximum Gasteiger partial charge on any atom is 0.244 e. The van der Waals surface area contributed by atoms with Crippen LogP contribution in [0.25, 0.3) is 0 Å². The number of nitrogens with zero attached hydrogens (tertiary/aromatic N) is 4. The van der Waals surface area contributed by atoms with E-state index in [4.69, 9.17) is 0 Å². The van der Waals surface area contributed by atoms with Crippen molar-refractivity contribution in [3.8, 4) is 0 Å². The molecule has 0 spiro atoms. The van der Waals surface area contributed by atoms with Crippen molar-refractivity contribution in [3.05, 3.63) is 48.4 Å². The van der Waals surface area contributed by atoms with Crippen LogP contribution >= 0.6 is 11.8 Å². The van der Waals surface area contributed by atoms with Crippen LogP contribution in [-0.2, 0) is 19.6 Å². The van der Waals surface area contributed by atoms with Crippen LogP contribution in [0.5, 0.6) is 0 Å². The maximum absolute atomic E-state index is 13.0. The minimum absolute atomic E-state index is 0.0396. The van der Waals surface area contributed by atoms with Crippen molar-refractivity contribution in [2.75, 3.05) is 57.9 Å². The fourth-order valence-electron chi connectivity index (χ4n) is 3.13. The van der Waals surface area contributed by atoms with Crippen molar-refractivity contribution in [3.63, 3.8) is 0 Å². The Labute approximate surface area is 197 Å². The number of hydrogen-bond acceptors (Lipinski definition) is 7. The zero-order valence-corrected chi connectivity index (χ0v) is 20.0. The Morgan fingerprint density at radius 2 is 1.76 bits per heavy atom. The second-order valence-corrected chi connectivity index (χ2v) is 10.8. The zero-order valence-electron chi connectivity index (χ0n) is 18.4. The number of thioether (sulfide) groups is 1. The minimum Gasteiger partial charge on any atom is -0.339 e. The van der Waals surface area contributed by atoms with Crippen LogP contribution < -0.4 is 5.32 Å². The van der Waals surface area contributed by atoms with E-state index < -0.39 is 10.0 Å². The van der Waals surface area contributed by atoms with Gasteiger partial charge in [0.15, 0.2) is 0 Å². The molecule has 0 radical (unpaired) electrons. The number of pyridine rings is 1. The molecule has 1 N–H and O–H groups in total. The Bertz CT molecular complexity index is 1070. The number of sulfonamides is 1. The van der Waals surface area contributed by atoms with E-state index in [0.29, 0.717) is 36.9 Å². The Morgan fingerprint density at radius 3 is 2.33 bits per heavy atom. The van der Waals surface area contributed by atoms with Gasteiger partial charge >= 0.3 is 0 Å². The minimum atomic E-state index is -3.54. The molecule has 0 aliphatic carbocycles. The molecular formula is C21H26FN5O4S2. The molecule has 0 atom stereocenters. The van der Waals surface area contributed by atoms with Crippen molar-refractivity contribution in [1.29, 1.82) is 0 Å². The molecule has 33 heavy (non-hydrogen) atoms. The first-order valence-electron chi connectivity index (χ1n) is 10.2. The van der Waals surface area contributed by atoms with E-state index in [9.17, 15) is 22.4 Å². The molecule has 0 unspecified atom stereocenters. The Morgan fingerprint density at radius 1 is 1.09 bits per heavy atom. The number of anilines is 1. The van der Waals surface area contributed by atoms with Gasteiger partial charge in [-0.25, -0.2) is 22.1 Å². The smallest absolute Gasteiger partial charge is 0.244 e. The van der Waals surface area contributed by atoms with Gasteiger partial charge in [-0.15, -0.1) is 0 Å². The number of aromatic nitrogens is 1. The van der Waals surface area contributed by atoms with E-state index in [-0.39, 0.29) is 34.8 Å². The molecule has 2 aromatic rings. The Hall–Kier alpha value is -2.54. The molecule has 1 aromatic heterocycles. The molecular weight excluding hydrogens is 469 g/mol. The van der Waals surface area contributed by atoms with Crippen molar-refractivity contribution in [1.82, 2.24) is 19.1 Å². The van der Waals surface area contributed by atoms with Gasteiger partial charge in [0.05, 0.1) is 17.3 Å². The standard InChI is InChI=1S/C21H26FN5O4S2/c1-25(2)33(30,31)18-7-8-20(23-13-18)32-15-21(29)27-11-9-26(10-12-27)14-19(28)24-17-5-3-16(22)4-6-17/h3-8,13H,9-12,14-15H2,1-2H3,(H,24,28). The Kier molecular flexibility index (Phi) is 8.40. The molecule has 1 aromatic carbocycles.